The van der Waals surface area contributed by atoms with E-state index in [0.717, 1.165) is 5.56 Å². The van der Waals surface area contributed by atoms with Crippen molar-refractivity contribution in [2.75, 3.05) is 0 Å². The molecular formula is C13H24N2O3. The molecule has 0 aromatic heterocycles. The van der Waals surface area contributed by atoms with Gasteiger partial charge in [-0.3, -0.25) is 4.79 Å². The van der Waals surface area contributed by atoms with Crippen LogP contribution in [0.2, 0.25) is 0 Å². The Morgan fingerprint density at radius 3 is 2.39 bits per heavy atom. The third-order valence-corrected chi connectivity index (χ3v) is 1.97. The molecule has 5 nitrogen and oxygen atoms in total. The molecule has 0 saturated heterocycles. The van der Waals surface area contributed by atoms with Gasteiger partial charge in [-0.2, -0.15) is 0 Å². The number of rotatable bonds is 4. The first kappa shape index (κ1) is 16.0. The molecule has 0 saturated carbocycles. The Kier molecular flexibility index (Phi) is 8.01. The molecule has 18 heavy (non-hydrogen) atoms. The van der Waals surface area contributed by atoms with Gasteiger partial charge in [0.1, 0.15) is 12.6 Å². The van der Waals surface area contributed by atoms with Crippen LogP contribution in [0.4, 0.5) is 4.79 Å². The molecule has 3 N–H and O–H groups in total. The summed E-state index contributed by atoms with van der Waals surface area (Å²) in [5.41, 5.74) is 5.86. The first-order chi connectivity index (χ1) is 8.59. The number of hydrogen-bond donors (Lipinski definition) is 2. The molecule has 2 amide bonds. The largest absolute Gasteiger partial charge is 0.445 e. The van der Waals surface area contributed by atoms with E-state index in [1.807, 2.05) is 44.2 Å². The van der Waals surface area contributed by atoms with Crippen LogP contribution >= 0.6 is 0 Å². The van der Waals surface area contributed by atoms with Crippen LogP contribution in [-0.4, -0.2) is 18.0 Å². The fraction of sp³-hybridized carbons (Fsp3) is 0.385. The number of amides is 2. The number of alkyl carbamates (subject to hydrolysis) is 1. The second kappa shape index (κ2) is 9.04. The summed E-state index contributed by atoms with van der Waals surface area (Å²) in [7, 11) is 0. The van der Waals surface area contributed by atoms with Gasteiger partial charge >= 0.3 is 6.09 Å². The van der Waals surface area contributed by atoms with Crippen molar-refractivity contribution in [2.24, 2.45) is 5.73 Å². The number of nitrogens with one attached hydrogen (secondary N) is 1. The van der Waals surface area contributed by atoms with Gasteiger partial charge in [-0.1, -0.05) is 44.2 Å². The third-order valence-electron chi connectivity index (χ3n) is 1.97. The van der Waals surface area contributed by atoms with E-state index in [1.54, 1.807) is 0 Å². The number of hydrogen-bond acceptors (Lipinski definition) is 3. The Hall–Kier alpha value is -2.04. The van der Waals surface area contributed by atoms with Gasteiger partial charge in [-0.15, -0.1) is 0 Å². The minimum atomic E-state index is -0.733. The van der Waals surface area contributed by atoms with Gasteiger partial charge in [0.25, 0.3) is 0 Å². The molecule has 0 aliphatic heterocycles. The van der Waals surface area contributed by atoms with Crippen molar-refractivity contribution in [3.63, 3.8) is 0 Å². The van der Waals surface area contributed by atoms with Gasteiger partial charge in [0, 0.05) is 2.85 Å². The van der Waals surface area contributed by atoms with Crippen LogP contribution in [0.1, 0.15) is 29.2 Å². The third kappa shape index (κ3) is 6.52. The lowest BCUT2D eigenvalue weighted by Crippen LogP contribution is -2.42. The van der Waals surface area contributed by atoms with Crippen LogP contribution < -0.4 is 11.1 Å². The summed E-state index contributed by atoms with van der Waals surface area (Å²) in [6, 6.07) is 8.52. The van der Waals surface area contributed by atoms with Crippen LogP contribution in [0.3, 0.4) is 0 Å². The van der Waals surface area contributed by atoms with E-state index in [2.05, 4.69) is 5.32 Å². The van der Waals surface area contributed by atoms with E-state index < -0.39 is 18.0 Å². The lowest BCUT2D eigenvalue weighted by atomic mass is 10.2. The van der Waals surface area contributed by atoms with Gasteiger partial charge in [0.2, 0.25) is 5.91 Å². The van der Waals surface area contributed by atoms with Crippen molar-refractivity contribution >= 4 is 12.0 Å². The molecule has 0 fully saturated rings. The molecule has 104 valence electrons. The molecule has 0 spiro atoms. The second-order valence-electron chi connectivity index (χ2n) is 3.33. The average molecular weight is 256 g/mol. The minimum absolute atomic E-state index is 0. The van der Waals surface area contributed by atoms with Crippen LogP contribution in [0.15, 0.2) is 30.3 Å². The highest BCUT2D eigenvalue weighted by atomic mass is 16.5. The highest BCUT2D eigenvalue weighted by molar-refractivity contribution is 5.83. The number of nitrogens with two attached hydrogens (primary N) is 1. The maximum absolute atomic E-state index is 11.2. The molecule has 1 aromatic carbocycles. The van der Waals surface area contributed by atoms with Crippen molar-refractivity contribution in [1.29, 1.82) is 0 Å². The SMILES string of the molecule is CC.CC(NC(=O)OCc1ccccc1)C(N)=O.[HH].[HH]. The molecule has 1 aromatic rings. The average Bonchev–Trinajstić information content (AvgIpc) is 2.40. The maximum atomic E-state index is 11.2. The van der Waals surface area contributed by atoms with Gasteiger partial charge in [0.05, 0.1) is 0 Å². The fourth-order valence-corrected chi connectivity index (χ4v) is 1.01. The van der Waals surface area contributed by atoms with Crippen LogP contribution in [0.5, 0.6) is 0 Å². The summed E-state index contributed by atoms with van der Waals surface area (Å²) in [5, 5.41) is 2.31. The number of carbonyl (C=O) groups is 2. The summed E-state index contributed by atoms with van der Waals surface area (Å²) >= 11 is 0. The smallest absolute Gasteiger partial charge is 0.408 e. The van der Waals surface area contributed by atoms with E-state index in [1.165, 1.54) is 6.92 Å². The van der Waals surface area contributed by atoms with Gasteiger partial charge in [-0.25, -0.2) is 4.79 Å². The van der Waals surface area contributed by atoms with Crippen molar-refractivity contribution < 1.29 is 17.2 Å². The van der Waals surface area contributed by atoms with E-state index in [9.17, 15) is 9.59 Å². The number of benzene rings is 1. The predicted octanol–water partition coefficient (Wildman–Crippen LogP) is 2.30. The topological polar surface area (TPSA) is 81.4 Å². The van der Waals surface area contributed by atoms with Gasteiger partial charge < -0.3 is 15.8 Å². The Bertz CT molecular complexity index is 375. The summed E-state index contributed by atoms with van der Waals surface area (Å²) in [5.74, 6) is -0.600. The molecule has 1 rings (SSSR count). The van der Waals surface area contributed by atoms with Crippen LogP contribution in [-0.2, 0) is 16.1 Å². The Labute approximate surface area is 110 Å². The molecule has 0 radical (unpaired) electrons. The lowest BCUT2D eigenvalue weighted by molar-refractivity contribution is -0.119. The monoisotopic (exact) mass is 256 g/mol. The lowest BCUT2D eigenvalue weighted by Gasteiger charge is -2.10. The molecule has 5 heteroatoms. The minimum Gasteiger partial charge on any atom is -0.445 e. The number of ether oxygens (including phenoxy) is 1. The molecule has 0 heterocycles. The number of primary amides is 1. The zero-order valence-electron chi connectivity index (χ0n) is 11.0. The number of carbonyl (C=O) groups excluding carboxylic acids is 2. The summed E-state index contributed by atoms with van der Waals surface area (Å²) < 4.78 is 4.89. The van der Waals surface area contributed by atoms with Crippen LogP contribution in [0.25, 0.3) is 0 Å². The second-order valence-corrected chi connectivity index (χ2v) is 3.33. The quantitative estimate of drug-likeness (QED) is 0.867. The standard InChI is InChI=1S/C11H14N2O3.C2H6.2H2/c1-8(10(12)14)13-11(15)16-7-9-5-3-2-4-6-9;1-2;;/h2-6,8H,7H2,1H3,(H2,12,14)(H,13,15);1-2H3;2*1H. The zero-order chi connectivity index (χ0) is 14.0. The maximum Gasteiger partial charge on any atom is 0.408 e. The van der Waals surface area contributed by atoms with Gasteiger partial charge in [-0.05, 0) is 12.5 Å². The molecule has 0 aliphatic rings. The predicted molar refractivity (Wildman–Crippen MR) is 74.0 cm³/mol. The molecular weight excluding hydrogens is 232 g/mol. The zero-order valence-corrected chi connectivity index (χ0v) is 11.0. The first-order valence-corrected chi connectivity index (χ1v) is 5.86. The molecule has 0 bridgehead atoms. The van der Waals surface area contributed by atoms with Crippen molar-refractivity contribution in [3.8, 4) is 0 Å². The first-order valence-electron chi connectivity index (χ1n) is 5.86. The Morgan fingerprint density at radius 1 is 1.33 bits per heavy atom. The van der Waals surface area contributed by atoms with E-state index in [0.29, 0.717) is 0 Å². The van der Waals surface area contributed by atoms with Crippen molar-refractivity contribution in [2.45, 2.75) is 33.4 Å². The molecule has 1 atom stereocenters. The molecule has 1 unspecified atom stereocenters. The Morgan fingerprint density at radius 2 is 1.89 bits per heavy atom. The highest BCUT2D eigenvalue weighted by Gasteiger charge is 2.12. The molecule has 0 aliphatic carbocycles. The van der Waals surface area contributed by atoms with Crippen LogP contribution in [0, 0.1) is 0 Å². The van der Waals surface area contributed by atoms with Crippen molar-refractivity contribution in [3.05, 3.63) is 35.9 Å². The van der Waals surface area contributed by atoms with Crippen molar-refractivity contribution in [1.82, 2.24) is 5.32 Å². The summed E-state index contributed by atoms with van der Waals surface area (Å²) in [6.45, 7) is 5.66. The normalized spacial score (nSPS) is 10.6. The van der Waals surface area contributed by atoms with Gasteiger partial charge in [0.15, 0.2) is 0 Å². The highest BCUT2D eigenvalue weighted by Crippen LogP contribution is 2.00. The summed E-state index contributed by atoms with van der Waals surface area (Å²) in [6.07, 6.45) is -0.657. The fourth-order valence-electron chi connectivity index (χ4n) is 1.01. The van der Waals surface area contributed by atoms with E-state index in [4.69, 9.17) is 10.5 Å². The van der Waals surface area contributed by atoms with E-state index in [-0.39, 0.29) is 9.46 Å². The van der Waals surface area contributed by atoms with E-state index >= 15 is 0 Å². The summed E-state index contributed by atoms with van der Waals surface area (Å²) in [4.78, 5) is 21.9. The Balaban J connectivity index is -0.000000689.